The molecule has 3 N–H and O–H groups in total. The summed E-state index contributed by atoms with van der Waals surface area (Å²) in [5.41, 5.74) is 6.84. The summed E-state index contributed by atoms with van der Waals surface area (Å²) in [6, 6.07) is 6.87. The van der Waals surface area contributed by atoms with Crippen LogP contribution in [0.25, 0.3) is 0 Å². The lowest BCUT2D eigenvalue weighted by Gasteiger charge is -2.34. The Morgan fingerprint density at radius 3 is 2.58 bits per heavy atom. The Morgan fingerprint density at radius 2 is 1.92 bits per heavy atom. The summed E-state index contributed by atoms with van der Waals surface area (Å²) in [6.45, 7) is 3.51. The zero-order valence-corrected chi connectivity index (χ0v) is 13.9. The smallest absolute Gasteiger partial charge is 0.238 e. The number of amides is 1. The number of benzene rings is 1. The maximum atomic E-state index is 12.2. The Labute approximate surface area is 145 Å². The summed E-state index contributed by atoms with van der Waals surface area (Å²) >= 11 is 5.88. The van der Waals surface area contributed by atoms with Gasteiger partial charge < -0.3 is 16.0 Å². The third kappa shape index (κ3) is 4.12. The fourth-order valence-electron chi connectivity index (χ4n) is 2.59. The summed E-state index contributed by atoms with van der Waals surface area (Å²) in [6.07, 6.45) is 3.47. The van der Waals surface area contributed by atoms with Gasteiger partial charge in [-0.3, -0.25) is 9.69 Å². The SMILES string of the molecule is Nc1cc(NC(=O)CN2CCN(c3ncccn3)CC2)ccc1Cl. The highest BCUT2D eigenvalue weighted by Crippen LogP contribution is 2.22. The van der Waals surface area contributed by atoms with Gasteiger partial charge in [-0.05, 0) is 24.3 Å². The molecule has 0 bridgehead atoms. The molecule has 0 radical (unpaired) electrons. The van der Waals surface area contributed by atoms with E-state index in [-0.39, 0.29) is 5.91 Å². The molecule has 3 rings (SSSR count). The third-order valence-electron chi connectivity index (χ3n) is 3.85. The Hall–Kier alpha value is -2.38. The molecule has 8 heteroatoms. The van der Waals surface area contributed by atoms with E-state index in [1.807, 2.05) is 0 Å². The lowest BCUT2D eigenvalue weighted by Crippen LogP contribution is -2.49. The first kappa shape index (κ1) is 16.5. The van der Waals surface area contributed by atoms with E-state index in [4.69, 9.17) is 17.3 Å². The van der Waals surface area contributed by atoms with E-state index in [2.05, 4.69) is 25.1 Å². The molecule has 1 fully saturated rings. The molecule has 7 nitrogen and oxygen atoms in total. The van der Waals surface area contributed by atoms with Crippen LogP contribution in [0.3, 0.4) is 0 Å². The van der Waals surface area contributed by atoms with Gasteiger partial charge in [0.05, 0.1) is 17.3 Å². The number of carbonyl (C=O) groups excluding carboxylic acids is 1. The molecule has 1 amide bonds. The molecule has 0 spiro atoms. The lowest BCUT2D eigenvalue weighted by molar-refractivity contribution is -0.117. The second-order valence-electron chi connectivity index (χ2n) is 5.60. The first-order chi connectivity index (χ1) is 11.6. The van der Waals surface area contributed by atoms with Gasteiger partial charge in [-0.2, -0.15) is 0 Å². The van der Waals surface area contributed by atoms with Gasteiger partial charge >= 0.3 is 0 Å². The van der Waals surface area contributed by atoms with Crippen LogP contribution in [0.2, 0.25) is 5.02 Å². The van der Waals surface area contributed by atoms with Crippen molar-refractivity contribution in [1.29, 1.82) is 0 Å². The van der Waals surface area contributed by atoms with E-state index >= 15 is 0 Å². The van der Waals surface area contributed by atoms with Crippen molar-refractivity contribution in [1.82, 2.24) is 14.9 Å². The lowest BCUT2D eigenvalue weighted by atomic mass is 10.2. The van der Waals surface area contributed by atoms with E-state index in [0.717, 1.165) is 32.1 Å². The topological polar surface area (TPSA) is 87.4 Å². The van der Waals surface area contributed by atoms with Gasteiger partial charge in [0.25, 0.3) is 0 Å². The van der Waals surface area contributed by atoms with Crippen molar-refractivity contribution in [2.24, 2.45) is 0 Å². The Balaban J connectivity index is 1.49. The molecular weight excluding hydrogens is 328 g/mol. The largest absolute Gasteiger partial charge is 0.397 e. The summed E-state index contributed by atoms with van der Waals surface area (Å²) in [5.74, 6) is 0.666. The fourth-order valence-corrected chi connectivity index (χ4v) is 2.70. The second-order valence-corrected chi connectivity index (χ2v) is 6.00. The molecule has 24 heavy (non-hydrogen) atoms. The van der Waals surface area contributed by atoms with Crippen molar-refractivity contribution in [2.45, 2.75) is 0 Å². The number of nitrogens with one attached hydrogen (secondary N) is 1. The first-order valence-electron chi connectivity index (χ1n) is 7.71. The minimum atomic E-state index is -0.0684. The van der Waals surface area contributed by atoms with Gasteiger partial charge in [-0.25, -0.2) is 9.97 Å². The Morgan fingerprint density at radius 1 is 1.21 bits per heavy atom. The minimum absolute atomic E-state index is 0.0684. The molecule has 0 atom stereocenters. The van der Waals surface area contributed by atoms with Crippen LogP contribution in [0, 0.1) is 0 Å². The monoisotopic (exact) mass is 346 g/mol. The summed E-state index contributed by atoms with van der Waals surface area (Å²) < 4.78 is 0. The predicted octanol–water partition coefficient (Wildman–Crippen LogP) is 1.47. The average Bonchev–Trinajstić information content (AvgIpc) is 2.59. The Bertz CT molecular complexity index is 703. The molecule has 0 unspecified atom stereocenters. The van der Waals surface area contributed by atoms with Crippen molar-refractivity contribution in [2.75, 3.05) is 48.7 Å². The van der Waals surface area contributed by atoms with Crippen molar-refractivity contribution in [3.8, 4) is 0 Å². The van der Waals surface area contributed by atoms with Crippen LogP contribution in [0.4, 0.5) is 17.3 Å². The summed E-state index contributed by atoms with van der Waals surface area (Å²) in [5, 5.41) is 3.32. The van der Waals surface area contributed by atoms with Crippen LogP contribution in [0.5, 0.6) is 0 Å². The normalized spacial score (nSPS) is 15.3. The summed E-state index contributed by atoms with van der Waals surface area (Å²) in [7, 11) is 0. The van der Waals surface area contributed by atoms with Gasteiger partial charge in [-0.15, -0.1) is 0 Å². The highest BCUT2D eigenvalue weighted by Gasteiger charge is 2.20. The van der Waals surface area contributed by atoms with Crippen molar-refractivity contribution in [3.63, 3.8) is 0 Å². The molecule has 0 aliphatic carbocycles. The highest BCUT2D eigenvalue weighted by atomic mass is 35.5. The number of halogens is 1. The first-order valence-corrected chi connectivity index (χ1v) is 8.09. The molecule has 2 aromatic rings. The molecule has 1 aliphatic heterocycles. The fraction of sp³-hybridized carbons (Fsp3) is 0.312. The minimum Gasteiger partial charge on any atom is -0.397 e. The molecular formula is C16H19ClN6O. The van der Waals surface area contributed by atoms with Crippen molar-refractivity contribution >= 4 is 34.8 Å². The number of carbonyl (C=O) groups is 1. The maximum Gasteiger partial charge on any atom is 0.238 e. The molecule has 126 valence electrons. The zero-order chi connectivity index (χ0) is 16.9. The van der Waals surface area contributed by atoms with Gasteiger partial charge in [0.1, 0.15) is 0 Å². The van der Waals surface area contributed by atoms with Crippen LogP contribution in [-0.4, -0.2) is 53.5 Å². The quantitative estimate of drug-likeness (QED) is 0.815. The molecule has 2 heterocycles. The van der Waals surface area contributed by atoms with E-state index in [1.165, 1.54) is 0 Å². The standard InChI is InChI=1S/C16H19ClN6O/c17-13-3-2-12(10-14(13)18)21-15(24)11-22-6-8-23(9-7-22)16-19-4-1-5-20-16/h1-5,10H,6-9,11,18H2,(H,21,24). The van der Waals surface area contributed by atoms with Gasteiger partial charge in [-0.1, -0.05) is 11.6 Å². The van der Waals surface area contributed by atoms with Crippen LogP contribution < -0.4 is 16.0 Å². The number of piperazine rings is 1. The van der Waals surface area contributed by atoms with Crippen molar-refractivity contribution < 1.29 is 4.79 Å². The maximum absolute atomic E-state index is 12.2. The molecule has 1 aromatic carbocycles. The number of rotatable bonds is 4. The Kier molecular flexibility index (Phi) is 5.12. The van der Waals surface area contributed by atoms with Crippen LogP contribution >= 0.6 is 11.6 Å². The number of nitrogens with two attached hydrogens (primary N) is 1. The highest BCUT2D eigenvalue weighted by molar-refractivity contribution is 6.33. The van der Waals surface area contributed by atoms with E-state index in [1.54, 1.807) is 36.7 Å². The molecule has 1 aromatic heterocycles. The van der Waals surface area contributed by atoms with E-state index in [9.17, 15) is 4.79 Å². The average molecular weight is 347 g/mol. The van der Waals surface area contributed by atoms with Crippen molar-refractivity contribution in [3.05, 3.63) is 41.7 Å². The van der Waals surface area contributed by atoms with Gasteiger partial charge in [0.15, 0.2) is 0 Å². The second kappa shape index (κ2) is 7.46. The number of aromatic nitrogens is 2. The zero-order valence-electron chi connectivity index (χ0n) is 13.2. The number of nitrogens with zero attached hydrogens (tertiary/aromatic N) is 4. The van der Waals surface area contributed by atoms with Gasteiger partial charge in [0, 0.05) is 44.3 Å². The van der Waals surface area contributed by atoms with Crippen LogP contribution in [0.15, 0.2) is 36.7 Å². The van der Waals surface area contributed by atoms with Crippen LogP contribution in [0.1, 0.15) is 0 Å². The molecule has 1 saturated heterocycles. The van der Waals surface area contributed by atoms with E-state index in [0.29, 0.717) is 22.9 Å². The van der Waals surface area contributed by atoms with Crippen LogP contribution in [-0.2, 0) is 4.79 Å². The molecule has 1 aliphatic rings. The van der Waals surface area contributed by atoms with E-state index < -0.39 is 0 Å². The predicted molar refractivity (Wildman–Crippen MR) is 95.2 cm³/mol. The van der Waals surface area contributed by atoms with Gasteiger partial charge in [0.2, 0.25) is 11.9 Å². The third-order valence-corrected chi connectivity index (χ3v) is 4.20. The number of hydrogen-bond donors (Lipinski definition) is 2. The molecule has 0 saturated carbocycles. The number of anilines is 3. The summed E-state index contributed by atoms with van der Waals surface area (Å²) in [4.78, 5) is 24.9. The number of nitrogen functional groups attached to an aromatic ring is 1. The number of hydrogen-bond acceptors (Lipinski definition) is 6.